The quantitative estimate of drug-likeness (QED) is 0.745. The summed E-state index contributed by atoms with van der Waals surface area (Å²) in [5, 5.41) is 0.507. The third kappa shape index (κ3) is 3.28. The monoisotopic (exact) mass is 215 g/mol. The molecular formula is C11H15ClFN. The van der Waals surface area contributed by atoms with Crippen molar-refractivity contribution in [2.45, 2.75) is 19.9 Å². The van der Waals surface area contributed by atoms with Crippen molar-refractivity contribution in [3.05, 3.63) is 34.6 Å². The van der Waals surface area contributed by atoms with E-state index in [2.05, 4.69) is 11.8 Å². The second-order valence-corrected chi connectivity index (χ2v) is 3.88. The molecule has 0 aliphatic carbocycles. The maximum atomic E-state index is 12.7. The molecule has 0 radical (unpaired) electrons. The van der Waals surface area contributed by atoms with Gasteiger partial charge in [-0.2, -0.15) is 0 Å². The van der Waals surface area contributed by atoms with Gasteiger partial charge < -0.3 is 4.90 Å². The number of hydrogen-bond donors (Lipinski definition) is 0. The third-order valence-electron chi connectivity index (χ3n) is 2.06. The molecule has 0 bridgehead atoms. The SMILES string of the molecule is CCCN(C)Cc1ccc(F)cc1Cl. The van der Waals surface area contributed by atoms with E-state index in [0.717, 1.165) is 25.1 Å². The molecule has 1 rings (SSSR count). The van der Waals surface area contributed by atoms with Gasteiger partial charge in [-0.05, 0) is 37.7 Å². The van der Waals surface area contributed by atoms with Gasteiger partial charge in [0.05, 0.1) is 0 Å². The van der Waals surface area contributed by atoms with E-state index < -0.39 is 0 Å². The summed E-state index contributed by atoms with van der Waals surface area (Å²) in [7, 11) is 2.03. The average Bonchev–Trinajstić information content (AvgIpc) is 2.10. The van der Waals surface area contributed by atoms with Gasteiger partial charge in [0, 0.05) is 11.6 Å². The molecule has 0 aliphatic heterocycles. The van der Waals surface area contributed by atoms with Gasteiger partial charge in [0.2, 0.25) is 0 Å². The van der Waals surface area contributed by atoms with E-state index in [0.29, 0.717) is 5.02 Å². The Balaban J connectivity index is 2.67. The number of hydrogen-bond acceptors (Lipinski definition) is 1. The van der Waals surface area contributed by atoms with Crippen molar-refractivity contribution in [3.63, 3.8) is 0 Å². The molecule has 0 atom stereocenters. The predicted octanol–water partition coefficient (Wildman–Crippen LogP) is 3.32. The molecule has 14 heavy (non-hydrogen) atoms. The molecular weight excluding hydrogens is 201 g/mol. The molecule has 0 aromatic heterocycles. The third-order valence-corrected chi connectivity index (χ3v) is 2.41. The Labute approximate surface area is 89.5 Å². The summed E-state index contributed by atoms with van der Waals surface area (Å²) >= 11 is 5.91. The van der Waals surface area contributed by atoms with Crippen molar-refractivity contribution in [2.75, 3.05) is 13.6 Å². The number of benzene rings is 1. The number of rotatable bonds is 4. The normalized spacial score (nSPS) is 10.9. The van der Waals surface area contributed by atoms with Crippen LogP contribution >= 0.6 is 11.6 Å². The first-order valence-electron chi connectivity index (χ1n) is 4.76. The van der Waals surface area contributed by atoms with Gasteiger partial charge in [-0.25, -0.2) is 4.39 Å². The molecule has 1 aromatic carbocycles. The summed E-state index contributed by atoms with van der Waals surface area (Å²) in [5.41, 5.74) is 0.976. The first-order valence-corrected chi connectivity index (χ1v) is 5.13. The van der Waals surface area contributed by atoms with Crippen LogP contribution in [-0.4, -0.2) is 18.5 Å². The van der Waals surface area contributed by atoms with Crippen molar-refractivity contribution >= 4 is 11.6 Å². The first kappa shape index (κ1) is 11.5. The van der Waals surface area contributed by atoms with Crippen molar-refractivity contribution < 1.29 is 4.39 Å². The Morgan fingerprint density at radius 3 is 2.71 bits per heavy atom. The Bertz CT molecular complexity index is 301. The van der Waals surface area contributed by atoms with Crippen molar-refractivity contribution in [1.29, 1.82) is 0 Å². The van der Waals surface area contributed by atoms with Crippen LogP contribution in [0, 0.1) is 5.82 Å². The van der Waals surface area contributed by atoms with Gasteiger partial charge in [0.15, 0.2) is 0 Å². The maximum absolute atomic E-state index is 12.7. The second-order valence-electron chi connectivity index (χ2n) is 3.47. The average molecular weight is 216 g/mol. The van der Waals surface area contributed by atoms with Gasteiger partial charge in [-0.15, -0.1) is 0 Å². The van der Waals surface area contributed by atoms with E-state index in [4.69, 9.17) is 11.6 Å². The summed E-state index contributed by atoms with van der Waals surface area (Å²) in [6, 6.07) is 4.54. The summed E-state index contributed by atoms with van der Waals surface area (Å²) in [6.07, 6.45) is 1.11. The topological polar surface area (TPSA) is 3.24 Å². The molecule has 0 N–H and O–H groups in total. The lowest BCUT2D eigenvalue weighted by Gasteiger charge is -2.16. The second kappa shape index (κ2) is 5.32. The molecule has 0 fully saturated rings. The molecule has 1 aromatic rings. The van der Waals surface area contributed by atoms with Crippen LogP contribution < -0.4 is 0 Å². The van der Waals surface area contributed by atoms with E-state index in [1.807, 2.05) is 7.05 Å². The van der Waals surface area contributed by atoms with E-state index in [1.54, 1.807) is 6.07 Å². The zero-order chi connectivity index (χ0) is 10.6. The first-order chi connectivity index (χ1) is 6.63. The van der Waals surface area contributed by atoms with Gasteiger partial charge in [0.1, 0.15) is 5.82 Å². The zero-order valence-electron chi connectivity index (χ0n) is 8.56. The van der Waals surface area contributed by atoms with Crippen LogP contribution in [0.3, 0.4) is 0 Å². The molecule has 0 saturated carbocycles. The lowest BCUT2D eigenvalue weighted by atomic mass is 10.2. The highest BCUT2D eigenvalue weighted by molar-refractivity contribution is 6.31. The molecule has 3 heteroatoms. The summed E-state index contributed by atoms with van der Waals surface area (Å²) in [6.45, 7) is 3.92. The van der Waals surface area contributed by atoms with Gasteiger partial charge >= 0.3 is 0 Å². The Hall–Kier alpha value is -0.600. The van der Waals surface area contributed by atoms with Crippen molar-refractivity contribution in [3.8, 4) is 0 Å². The minimum absolute atomic E-state index is 0.281. The van der Waals surface area contributed by atoms with Crippen LogP contribution in [0.1, 0.15) is 18.9 Å². The van der Waals surface area contributed by atoms with E-state index >= 15 is 0 Å². The van der Waals surface area contributed by atoms with Crippen molar-refractivity contribution in [2.24, 2.45) is 0 Å². The van der Waals surface area contributed by atoms with Crippen LogP contribution in [0.5, 0.6) is 0 Å². The Kier molecular flexibility index (Phi) is 4.36. The molecule has 0 spiro atoms. The van der Waals surface area contributed by atoms with E-state index in [-0.39, 0.29) is 5.82 Å². The van der Waals surface area contributed by atoms with E-state index in [1.165, 1.54) is 12.1 Å². The fraction of sp³-hybridized carbons (Fsp3) is 0.455. The summed E-state index contributed by atoms with van der Waals surface area (Å²) in [5.74, 6) is -0.281. The molecule has 0 aliphatic rings. The highest BCUT2D eigenvalue weighted by Crippen LogP contribution is 2.18. The van der Waals surface area contributed by atoms with Gasteiger partial charge in [-0.3, -0.25) is 0 Å². The lowest BCUT2D eigenvalue weighted by molar-refractivity contribution is 0.327. The maximum Gasteiger partial charge on any atom is 0.124 e. The number of halogens is 2. The van der Waals surface area contributed by atoms with Crippen LogP contribution in [-0.2, 0) is 6.54 Å². The van der Waals surface area contributed by atoms with Crippen LogP contribution in [0.25, 0.3) is 0 Å². The van der Waals surface area contributed by atoms with Gasteiger partial charge in [0.25, 0.3) is 0 Å². The van der Waals surface area contributed by atoms with E-state index in [9.17, 15) is 4.39 Å². The van der Waals surface area contributed by atoms with Crippen LogP contribution in [0.4, 0.5) is 4.39 Å². The number of nitrogens with zero attached hydrogens (tertiary/aromatic N) is 1. The fourth-order valence-corrected chi connectivity index (χ4v) is 1.63. The lowest BCUT2D eigenvalue weighted by Crippen LogP contribution is -2.18. The Morgan fingerprint density at radius 2 is 2.14 bits per heavy atom. The molecule has 0 heterocycles. The summed E-state index contributed by atoms with van der Waals surface area (Å²) < 4.78 is 12.7. The highest BCUT2D eigenvalue weighted by atomic mass is 35.5. The standard InChI is InChI=1S/C11H15ClFN/c1-3-6-14(2)8-9-4-5-10(13)7-11(9)12/h4-5,7H,3,6,8H2,1-2H3. The largest absolute Gasteiger partial charge is 0.302 e. The summed E-state index contributed by atoms with van der Waals surface area (Å²) in [4.78, 5) is 2.17. The zero-order valence-corrected chi connectivity index (χ0v) is 9.31. The minimum atomic E-state index is -0.281. The molecule has 0 amide bonds. The predicted molar refractivity (Wildman–Crippen MR) is 58.0 cm³/mol. The van der Waals surface area contributed by atoms with Crippen molar-refractivity contribution in [1.82, 2.24) is 4.90 Å². The molecule has 1 nitrogen and oxygen atoms in total. The highest BCUT2D eigenvalue weighted by Gasteiger charge is 2.04. The molecule has 78 valence electrons. The van der Waals surface area contributed by atoms with Crippen LogP contribution in [0.2, 0.25) is 5.02 Å². The molecule has 0 unspecified atom stereocenters. The Morgan fingerprint density at radius 1 is 1.43 bits per heavy atom. The fourth-order valence-electron chi connectivity index (χ4n) is 1.40. The smallest absolute Gasteiger partial charge is 0.124 e. The van der Waals surface area contributed by atoms with Gasteiger partial charge in [-0.1, -0.05) is 24.6 Å². The van der Waals surface area contributed by atoms with Crippen LogP contribution in [0.15, 0.2) is 18.2 Å². The minimum Gasteiger partial charge on any atom is -0.302 e. The molecule has 0 saturated heterocycles.